The van der Waals surface area contributed by atoms with E-state index in [-0.39, 0.29) is 0 Å². The van der Waals surface area contributed by atoms with Crippen LogP contribution in [0.25, 0.3) is 0 Å². The van der Waals surface area contributed by atoms with Crippen LogP contribution in [0.3, 0.4) is 0 Å². The third-order valence-electron chi connectivity index (χ3n) is 5.75. The molecular weight excluding hydrogens is 244 g/mol. The summed E-state index contributed by atoms with van der Waals surface area (Å²) in [5, 5.41) is 3.75. The summed E-state index contributed by atoms with van der Waals surface area (Å²) in [6.07, 6.45) is 5.40. The Bertz CT molecular complexity index is 273. The van der Waals surface area contributed by atoms with E-state index in [0.717, 1.165) is 12.5 Å². The van der Waals surface area contributed by atoms with Gasteiger partial charge in [0.15, 0.2) is 0 Å². The molecule has 0 radical (unpaired) electrons. The zero-order valence-corrected chi connectivity index (χ0v) is 15.0. The van der Waals surface area contributed by atoms with Crippen molar-refractivity contribution in [2.24, 2.45) is 11.3 Å². The summed E-state index contributed by atoms with van der Waals surface area (Å²) < 4.78 is 0. The summed E-state index contributed by atoms with van der Waals surface area (Å²) >= 11 is 0. The van der Waals surface area contributed by atoms with Gasteiger partial charge in [0.05, 0.1) is 0 Å². The van der Waals surface area contributed by atoms with E-state index in [4.69, 9.17) is 0 Å². The lowest BCUT2D eigenvalue weighted by Gasteiger charge is -2.48. The largest absolute Gasteiger partial charge is 0.313 e. The average molecular weight is 283 g/mol. The summed E-state index contributed by atoms with van der Waals surface area (Å²) in [6, 6.07) is 2.05. The predicted molar refractivity (Wildman–Crippen MR) is 90.2 cm³/mol. The third-order valence-corrected chi connectivity index (χ3v) is 5.75. The Morgan fingerprint density at radius 3 is 2.25 bits per heavy atom. The van der Waals surface area contributed by atoms with Crippen LogP contribution >= 0.6 is 0 Å². The van der Waals surface area contributed by atoms with Crippen molar-refractivity contribution >= 4 is 0 Å². The Hall–Kier alpha value is -0.0800. The van der Waals surface area contributed by atoms with Gasteiger partial charge in [0.25, 0.3) is 0 Å². The molecule has 0 heterocycles. The van der Waals surface area contributed by atoms with Gasteiger partial charge in [-0.2, -0.15) is 0 Å². The van der Waals surface area contributed by atoms with Gasteiger partial charge < -0.3 is 5.32 Å². The fourth-order valence-electron chi connectivity index (χ4n) is 3.99. The molecule has 1 fully saturated rings. The smallest absolute Gasteiger partial charge is 0.0254 e. The van der Waals surface area contributed by atoms with Gasteiger partial charge in [-0.15, -0.1) is 0 Å². The second-order valence-electron chi connectivity index (χ2n) is 7.51. The summed E-state index contributed by atoms with van der Waals surface area (Å²) in [5.41, 5.74) is 0.492. The minimum Gasteiger partial charge on any atom is -0.313 e. The molecule has 0 amide bonds. The Morgan fingerprint density at radius 1 is 1.15 bits per heavy atom. The maximum atomic E-state index is 3.75. The molecule has 3 atom stereocenters. The lowest BCUT2D eigenvalue weighted by molar-refractivity contribution is 0.0374. The molecule has 1 aliphatic rings. The standard InChI is InChI=1S/C18H38N2/c1-8-18(6,7)15-11-12-16(19-9-2)17(13-15)20(10-3)14(4)5/h14-17,19H,8-13H2,1-7H3. The van der Waals surface area contributed by atoms with Gasteiger partial charge in [0.2, 0.25) is 0 Å². The minimum absolute atomic E-state index is 0.492. The van der Waals surface area contributed by atoms with Gasteiger partial charge in [-0.25, -0.2) is 0 Å². The van der Waals surface area contributed by atoms with Crippen molar-refractivity contribution in [3.8, 4) is 0 Å². The first-order chi connectivity index (χ1) is 9.37. The van der Waals surface area contributed by atoms with E-state index in [0.29, 0.717) is 23.5 Å². The van der Waals surface area contributed by atoms with E-state index in [1.807, 2.05) is 0 Å². The summed E-state index contributed by atoms with van der Waals surface area (Å²) in [6.45, 7) is 18.8. The van der Waals surface area contributed by atoms with Crippen molar-refractivity contribution in [3.63, 3.8) is 0 Å². The van der Waals surface area contributed by atoms with E-state index in [1.165, 1.54) is 32.2 Å². The number of likely N-dealkylation sites (N-methyl/N-ethyl adjacent to an activating group) is 2. The van der Waals surface area contributed by atoms with Crippen LogP contribution in [0.5, 0.6) is 0 Å². The Balaban J connectivity index is 2.86. The van der Waals surface area contributed by atoms with Gasteiger partial charge in [-0.3, -0.25) is 4.90 Å². The molecule has 3 unspecified atom stereocenters. The van der Waals surface area contributed by atoms with Crippen LogP contribution in [0, 0.1) is 11.3 Å². The van der Waals surface area contributed by atoms with E-state index < -0.39 is 0 Å². The average Bonchev–Trinajstić information content (AvgIpc) is 2.41. The zero-order valence-electron chi connectivity index (χ0n) is 15.0. The van der Waals surface area contributed by atoms with Crippen molar-refractivity contribution in [1.29, 1.82) is 0 Å². The number of nitrogens with zero attached hydrogens (tertiary/aromatic N) is 1. The number of nitrogens with one attached hydrogen (secondary N) is 1. The second kappa shape index (κ2) is 7.79. The highest BCUT2D eigenvalue weighted by atomic mass is 15.2. The minimum atomic E-state index is 0.492. The van der Waals surface area contributed by atoms with E-state index >= 15 is 0 Å². The Kier molecular flexibility index (Phi) is 7.00. The van der Waals surface area contributed by atoms with Crippen LogP contribution < -0.4 is 5.32 Å². The molecule has 1 N–H and O–H groups in total. The first-order valence-electron chi connectivity index (χ1n) is 8.86. The van der Waals surface area contributed by atoms with Crippen LogP contribution in [0.2, 0.25) is 0 Å². The van der Waals surface area contributed by atoms with Crippen LogP contribution in [0.1, 0.15) is 74.1 Å². The molecule has 0 saturated heterocycles. The van der Waals surface area contributed by atoms with E-state index in [9.17, 15) is 0 Å². The van der Waals surface area contributed by atoms with Crippen LogP contribution in [-0.2, 0) is 0 Å². The van der Waals surface area contributed by atoms with Crippen LogP contribution in [0.15, 0.2) is 0 Å². The Morgan fingerprint density at radius 2 is 1.80 bits per heavy atom. The fraction of sp³-hybridized carbons (Fsp3) is 1.00. The van der Waals surface area contributed by atoms with Crippen molar-refractivity contribution in [3.05, 3.63) is 0 Å². The third kappa shape index (κ3) is 4.21. The van der Waals surface area contributed by atoms with Gasteiger partial charge in [-0.05, 0) is 57.5 Å². The van der Waals surface area contributed by atoms with Gasteiger partial charge >= 0.3 is 0 Å². The molecule has 20 heavy (non-hydrogen) atoms. The maximum absolute atomic E-state index is 3.75. The van der Waals surface area contributed by atoms with Gasteiger partial charge in [-0.1, -0.05) is 41.0 Å². The van der Waals surface area contributed by atoms with Crippen LogP contribution in [-0.4, -0.2) is 36.1 Å². The monoisotopic (exact) mass is 282 g/mol. The zero-order chi connectivity index (χ0) is 15.3. The second-order valence-corrected chi connectivity index (χ2v) is 7.51. The normalized spacial score (nSPS) is 28.4. The van der Waals surface area contributed by atoms with Crippen molar-refractivity contribution in [2.75, 3.05) is 13.1 Å². The molecule has 0 aliphatic heterocycles. The highest BCUT2D eigenvalue weighted by molar-refractivity contribution is 4.95. The molecule has 0 aromatic carbocycles. The number of rotatable bonds is 7. The lowest BCUT2D eigenvalue weighted by atomic mass is 9.67. The van der Waals surface area contributed by atoms with Crippen molar-refractivity contribution < 1.29 is 0 Å². The predicted octanol–water partition coefficient (Wildman–Crippen LogP) is 4.30. The fourth-order valence-corrected chi connectivity index (χ4v) is 3.99. The molecule has 1 saturated carbocycles. The molecule has 2 nitrogen and oxygen atoms in total. The highest BCUT2D eigenvalue weighted by Crippen LogP contribution is 2.42. The quantitative estimate of drug-likeness (QED) is 0.749. The molecule has 0 bridgehead atoms. The summed E-state index contributed by atoms with van der Waals surface area (Å²) in [4.78, 5) is 2.71. The van der Waals surface area contributed by atoms with Crippen molar-refractivity contribution in [2.45, 2.75) is 92.3 Å². The summed E-state index contributed by atoms with van der Waals surface area (Å²) in [5.74, 6) is 0.875. The number of hydrogen-bond acceptors (Lipinski definition) is 2. The van der Waals surface area contributed by atoms with Crippen molar-refractivity contribution in [1.82, 2.24) is 10.2 Å². The van der Waals surface area contributed by atoms with E-state index in [2.05, 4.69) is 58.7 Å². The topological polar surface area (TPSA) is 15.3 Å². The maximum Gasteiger partial charge on any atom is 0.0254 e. The first kappa shape index (κ1) is 18.0. The van der Waals surface area contributed by atoms with Gasteiger partial charge in [0.1, 0.15) is 0 Å². The SMILES string of the molecule is CCNC1CCC(C(C)(C)CC)CC1N(CC)C(C)C. The molecule has 2 heteroatoms. The molecule has 0 aromatic heterocycles. The molecule has 0 spiro atoms. The Labute approximate surface area is 127 Å². The molecular formula is C18H38N2. The molecule has 1 rings (SSSR count). The van der Waals surface area contributed by atoms with Gasteiger partial charge in [0, 0.05) is 18.1 Å². The molecule has 1 aliphatic carbocycles. The van der Waals surface area contributed by atoms with Crippen LogP contribution in [0.4, 0.5) is 0 Å². The molecule has 0 aromatic rings. The highest BCUT2D eigenvalue weighted by Gasteiger charge is 2.39. The first-order valence-corrected chi connectivity index (χ1v) is 8.86. The summed E-state index contributed by atoms with van der Waals surface area (Å²) in [7, 11) is 0. The lowest BCUT2D eigenvalue weighted by Crippen LogP contribution is -2.56. The molecule has 120 valence electrons. The number of hydrogen-bond donors (Lipinski definition) is 1. The van der Waals surface area contributed by atoms with E-state index in [1.54, 1.807) is 0 Å².